The summed E-state index contributed by atoms with van der Waals surface area (Å²) in [5, 5.41) is 0. The molecule has 0 radical (unpaired) electrons. The van der Waals surface area contributed by atoms with Crippen LogP contribution in [-0.4, -0.2) is 79.2 Å². The van der Waals surface area contributed by atoms with E-state index in [9.17, 15) is 4.79 Å². The van der Waals surface area contributed by atoms with Gasteiger partial charge < -0.3 is 25.2 Å². The van der Waals surface area contributed by atoms with Crippen molar-refractivity contribution in [1.29, 1.82) is 0 Å². The molecular formula is C20H33N5O2. The van der Waals surface area contributed by atoms with Crippen molar-refractivity contribution in [2.75, 3.05) is 46.8 Å². The van der Waals surface area contributed by atoms with Crippen LogP contribution in [0.4, 0.5) is 4.79 Å². The molecule has 0 bridgehead atoms. The van der Waals surface area contributed by atoms with Gasteiger partial charge in [-0.25, -0.2) is 4.79 Å². The number of carbonyl (C=O) groups is 1. The number of amides is 1. The van der Waals surface area contributed by atoms with E-state index in [-0.39, 0.29) is 12.1 Å². The van der Waals surface area contributed by atoms with Crippen molar-refractivity contribution in [2.45, 2.75) is 32.4 Å². The van der Waals surface area contributed by atoms with Crippen LogP contribution in [0.25, 0.3) is 0 Å². The molecule has 1 amide bonds. The van der Waals surface area contributed by atoms with Gasteiger partial charge >= 0.3 is 6.09 Å². The van der Waals surface area contributed by atoms with Gasteiger partial charge in [-0.05, 0) is 40.4 Å². The van der Waals surface area contributed by atoms with Crippen LogP contribution in [0.15, 0.2) is 35.3 Å². The highest BCUT2D eigenvalue weighted by atomic mass is 16.6. The second kappa shape index (κ2) is 9.08. The summed E-state index contributed by atoms with van der Waals surface area (Å²) in [6.07, 6.45) is -0.269. The van der Waals surface area contributed by atoms with Crippen LogP contribution < -0.4 is 5.73 Å². The van der Waals surface area contributed by atoms with E-state index in [2.05, 4.69) is 22.0 Å². The molecule has 0 saturated carbocycles. The number of ether oxygens (including phenoxy) is 1. The lowest BCUT2D eigenvalue weighted by molar-refractivity contribution is 0.0186. The minimum atomic E-state index is -0.479. The molecule has 1 fully saturated rings. The number of guanidine groups is 1. The molecule has 1 saturated heterocycles. The first-order chi connectivity index (χ1) is 12.7. The van der Waals surface area contributed by atoms with Gasteiger partial charge in [-0.15, -0.1) is 0 Å². The minimum absolute atomic E-state index is 0.174. The maximum atomic E-state index is 12.2. The molecule has 0 aliphatic carbocycles. The third kappa shape index (κ3) is 6.43. The zero-order valence-electron chi connectivity index (χ0n) is 17.2. The first-order valence-corrected chi connectivity index (χ1v) is 9.41. The molecule has 0 spiro atoms. The predicted molar refractivity (Wildman–Crippen MR) is 109 cm³/mol. The largest absolute Gasteiger partial charge is 0.444 e. The summed E-state index contributed by atoms with van der Waals surface area (Å²) in [6, 6.07) is 10.5. The van der Waals surface area contributed by atoms with Gasteiger partial charge in [0, 0.05) is 26.2 Å². The zero-order valence-corrected chi connectivity index (χ0v) is 17.2. The normalized spacial score (nSPS) is 17.2. The second-order valence-corrected chi connectivity index (χ2v) is 8.04. The standard InChI is InChI=1S/C20H33N5O2/c1-20(2,3)27-19(26)25-13-11-24(12-14-25)18(21)22-15-17(23(4)5)16-9-7-6-8-10-16/h6-10,17H,11-15H2,1-5H3,(H2,21,22). The maximum Gasteiger partial charge on any atom is 0.410 e. The number of hydrogen-bond acceptors (Lipinski definition) is 4. The second-order valence-electron chi connectivity index (χ2n) is 8.04. The van der Waals surface area contributed by atoms with Crippen LogP contribution in [0.2, 0.25) is 0 Å². The molecule has 1 unspecified atom stereocenters. The molecular weight excluding hydrogens is 342 g/mol. The van der Waals surface area contributed by atoms with E-state index in [1.165, 1.54) is 5.56 Å². The average Bonchev–Trinajstić information content (AvgIpc) is 2.61. The molecule has 1 aromatic rings. The Morgan fingerprint density at radius 1 is 1.15 bits per heavy atom. The van der Waals surface area contributed by atoms with E-state index in [1.54, 1.807) is 4.90 Å². The lowest BCUT2D eigenvalue weighted by Gasteiger charge is -2.36. The van der Waals surface area contributed by atoms with E-state index in [0.717, 1.165) is 0 Å². The van der Waals surface area contributed by atoms with Crippen molar-refractivity contribution in [2.24, 2.45) is 10.7 Å². The molecule has 0 aromatic heterocycles. The zero-order chi connectivity index (χ0) is 20.0. The molecule has 1 atom stereocenters. The van der Waals surface area contributed by atoms with Crippen molar-refractivity contribution in [3.05, 3.63) is 35.9 Å². The van der Waals surface area contributed by atoms with E-state index < -0.39 is 5.60 Å². The smallest absolute Gasteiger partial charge is 0.410 e. The third-order valence-electron chi connectivity index (χ3n) is 4.49. The molecule has 1 aliphatic rings. The molecule has 7 heteroatoms. The third-order valence-corrected chi connectivity index (χ3v) is 4.49. The highest BCUT2D eigenvalue weighted by Crippen LogP contribution is 2.18. The summed E-state index contributed by atoms with van der Waals surface area (Å²) in [7, 11) is 4.09. The fourth-order valence-corrected chi connectivity index (χ4v) is 2.97. The summed E-state index contributed by atoms with van der Waals surface area (Å²) in [4.78, 5) is 22.7. The van der Waals surface area contributed by atoms with Crippen LogP contribution in [-0.2, 0) is 4.74 Å². The van der Waals surface area contributed by atoms with Crippen LogP contribution in [0, 0.1) is 0 Å². The van der Waals surface area contributed by atoms with E-state index in [0.29, 0.717) is 38.7 Å². The molecule has 150 valence electrons. The highest BCUT2D eigenvalue weighted by molar-refractivity contribution is 5.78. The summed E-state index contributed by atoms with van der Waals surface area (Å²) in [6.45, 7) is 8.70. The number of benzene rings is 1. The lowest BCUT2D eigenvalue weighted by atomic mass is 10.1. The van der Waals surface area contributed by atoms with Crippen LogP contribution in [0.5, 0.6) is 0 Å². The first-order valence-electron chi connectivity index (χ1n) is 9.41. The number of piperazine rings is 1. The monoisotopic (exact) mass is 375 g/mol. The predicted octanol–water partition coefficient (Wildman–Crippen LogP) is 2.16. The fraction of sp³-hybridized carbons (Fsp3) is 0.600. The number of carbonyl (C=O) groups excluding carboxylic acids is 1. The Labute approximate surface area is 162 Å². The number of hydrogen-bond donors (Lipinski definition) is 1. The van der Waals surface area contributed by atoms with Gasteiger partial charge in [0.25, 0.3) is 0 Å². The molecule has 2 N–H and O–H groups in total. The molecule has 2 rings (SSSR count). The van der Waals surface area contributed by atoms with Crippen molar-refractivity contribution in [3.63, 3.8) is 0 Å². The van der Waals surface area contributed by atoms with Crippen LogP contribution >= 0.6 is 0 Å². The lowest BCUT2D eigenvalue weighted by Crippen LogP contribution is -2.53. The Morgan fingerprint density at radius 3 is 2.22 bits per heavy atom. The van der Waals surface area contributed by atoms with Crippen molar-refractivity contribution < 1.29 is 9.53 Å². The Bertz CT molecular complexity index is 632. The molecule has 1 aromatic carbocycles. The minimum Gasteiger partial charge on any atom is -0.444 e. The topological polar surface area (TPSA) is 74.4 Å². The number of nitrogens with zero attached hydrogens (tertiary/aromatic N) is 4. The number of likely N-dealkylation sites (N-methyl/N-ethyl adjacent to an activating group) is 1. The maximum absolute atomic E-state index is 12.2. The molecule has 1 aliphatic heterocycles. The molecule has 27 heavy (non-hydrogen) atoms. The van der Waals surface area contributed by atoms with Gasteiger partial charge in [-0.2, -0.15) is 0 Å². The SMILES string of the molecule is CN(C)C(CN=C(N)N1CCN(C(=O)OC(C)(C)C)CC1)c1ccccc1. The number of rotatable bonds is 4. The molecule has 7 nitrogen and oxygen atoms in total. The van der Waals surface area contributed by atoms with Gasteiger partial charge in [-0.1, -0.05) is 30.3 Å². The van der Waals surface area contributed by atoms with Gasteiger partial charge in [0.05, 0.1) is 12.6 Å². The van der Waals surface area contributed by atoms with Gasteiger partial charge in [0.1, 0.15) is 5.60 Å². The van der Waals surface area contributed by atoms with E-state index >= 15 is 0 Å². The summed E-state index contributed by atoms with van der Waals surface area (Å²) < 4.78 is 5.43. The van der Waals surface area contributed by atoms with Gasteiger partial charge in [0.15, 0.2) is 5.96 Å². The van der Waals surface area contributed by atoms with Gasteiger partial charge in [-0.3, -0.25) is 4.99 Å². The highest BCUT2D eigenvalue weighted by Gasteiger charge is 2.26. The quantitative estimate of drug-likeness (QED) is 0.645. The Morgan fingerprint density at radius 2 is 1.70 bits per heavy atom. The van der Waals surface area contributed by atoms with Crippen LogP contribution in [0.1, 0.15) is 32.4 Å². The van der Waals surface area contributed by atoms with E-state index in [1.807, 2.05) is 58.0 Å². The Balaban J connectivity index is 1.91. The summed E-state index contributed by atoms with van der Waals surface area (Å²) >= 11 is 0. The molecule has 1 heterocycles. The first kappa shape index (κ1) is 21.0. The van der Waals surface area contributed by atoms with E-state index in [4.69, 9.17) is 10.5 Å². The van der Waals surface area contributed by atoms with Crippen molar-refractivity contribution in [3.8, 4) is 0 Å². The van der Waals surface area contributed by atoms with Crippen molar-refractivity contribution >= 4 is 12.1 Å². The summed E-state index contributed by atoms with van der Waals surface area (Å²) in [5.74, 6) is 0.529. The number of nitrogens with two attached hydrogens (primary N) is 1. The van der Waals surface area contributed by atoms with Crippen molar-refractivity contribution in [1.82, 2.24) is 14.7 Å². The number of aliphatic imine (C=N–C) groups is 1. The van der Waals surface area contributed by atoms with Gasteiger partial charge in [0.2, 0.25) is 0 Å². The Kier molecular flexibility index (Phi) is 7.07. The average molecular weight is 376 g/mol. The van der Waals surface area contributed by atoms with Crippen LogP contribution in [0.3, 0.4) is 0 Å². The summed E-state index contributed by atoms with van der Waals surface area (Å²) in [5.41, 5.74) is 6.96. The Hall–Kier alpha value is -2.28. The fourth-order valence-electron chi connectivity index (χ4n) is 2.97.